The highest BCUT2D eigenvalue weighted by atomic mass is 15.1. The van der Waals surface area contributed by atoms with E-state index in [-0.39, 0.29) is 0 Å². The second kappa shape index (κ2) is 12.3. The number of hydrogen-bond acceptors (Lipinski definition) is 2. The lowest BCUT2D eigenvalue weighted by Gasteiger charge is -2.27. The highest BCUT2D eigenvalue weighted by molar-refractivity contribution is 6.11. The number of nitriles is 1. The minimum atomic E-state index is 0.578. The first-order valence-corrected chi connectivity index (χ1v) is 17.8. The van der Waals surface area contributed by atoms with Crippen molar-refractivity contribution in [1.29, 1.82) is 5.26 Å². The van der Waals surface area contributed by atoms with Crippen LogP contribution in [0.4, 0.5) is 22.7 Å². The predicted molar refractivity (Wildman–Crippen MR) is 220 cm³/mol. The largest absolute Gasteiger partial charge is 0.310 e. The molecule has 9 aromatic rings. The number of hydrogen-bond donors (Lipinski definition) is 0. The molecule has 0 N–H and O–H groups in total. The lowest BCUT2D eigenvalue weighted by atomic mass is 10.1. The lowest BCUT2D eigenvalue weighted by Crippen LogP contribution is -2.11. The van der Waals surface area contributed by atoms with Crippen molar-refractivity contribution >= 4 is 66.4 Å². The summed E-state index contributed by atoms with van der Waals surface area (Å²) in [5.41, 5.74) is 15.4. The van der Waals surface area contributed by atoms with Crippen LogP contribution in [0.2, 0.25) is 0 Å². The van der Waals surface area contributed by atoms with Gasteiger partial charge in [0.05, 0.1) is 57.3 Å². The number of anilines is 3. The summed E-state index contributed by atoms with van der Waals surface area (Å²) in [4.78, 5) is 5.88. The van der Waals surface area contributed by atoms with Crippen LogP contribution in [-0.4, -0.2) is 9.13 Å². The Balaban J connectivity index is 1.41. The van der Waals surface area contributed by atoms with Crippen LogP contribution >= 0.6 is 0 Å². The van der Waals surface area contributed by atoms with Crippen molar-refractivity contribution in [2.45, 2.75) is 27.7 Å². The quantitative estimate of drug-likeness (QED) is 0.170. The van der Waals surface area contributed by atoms with Gasteiger partial charge >= 0.3 is 0 Å². The molecule has 0 bridgehead atoms. The summed E-state index contributed by atoms with van der Waals surface area (Å²) in [7, 11) is 0. The van der Waals surface area contributed by atoms with Crippen LogP contribution in [-0.2, 0) is 0 Å². The molecule has 2 aromatic heterocycles. The fourth-order valence-electron chi connectivity index (χ4n) is 7.83. The Morgan fingerprint density at radius 2 is 0.849 bits per heavy atom. The molecular weight excluding hydrogens is 647 g/mol. The second-order valence-corrected chi connectivity index (χ2v) is 14.1. The van der Waals surface area contributed by atoms with Gasteiger partial charge in [0, 0.05) is 32.9 Å². The molecule has 53 heavy (non-hydrogen) atoms. The van der Waals surface area contributed by atoms with Gasteiger partial charge in [0.1, 0.15) is 0 Å². The summed E-state index contributed by atoms with van der Waals surface area (Å²) < 4.78 is 4.77. The molecule has 0 unspecified atom stereocenters. The average Bonchev–Trinajstić information content (AvgIpc) is 3.66. The summed E-state index contributed by atoms with van der Waals surface area (Å²) in [6, 6.07) is 51.4. The molecule has 0 atom stereocenters. The number of benzene rings is 7. The van der Waals surface area contributed by atoms with E-state index < -0.39 is 0 Å². The lowest BCUT2D eigenvalue weighted by molar-refractivity contribution is 1.12. The molecule has 2 heterocycles. The topological polar surface area (TPSA) is 41.2 Å². The van der Waals surface area contributed by atoms with Crippen LogP contribution in [0.1, 0.15) is 27.8 Å². The molecule has 0 saturated heterocycles. The fourth-order valence-corrected chi connectivity index (χ4v) is 7.83. The molecular formula is C48H35N5. The van der Waals surface area contributed by atoms with Crippen molar-refractivity contribution in [2.75, 3.05) is 4.90 Å². The van der Waals surface area contributed by atoms with Crippen LogP contribution in [0.5, 0.6) is 0 Å². The molecule has 0 aliphatic heterocycles. The third kappa shape index (κ3) is 5.30. The van der Waals surface area contributed by atoms with Crippen molar-refractivity contribution in [1.82, 2.24) is 9.13 Å². The SMILES string of the molecule is [C-]#[N+]c1ccc(N(c2ccc(C#N)cc2)c2cc(-n3c4ccc(C)cc4c4cc(C)ccc43)cc(-n3c4ccc(C)cc4c4cc(C)ccc43)c2)cc1. The third-order valence-corrected chi connectivity index (χ3v) is 10.3. The maximum absolute atomic E-state index is 9.66. The zero-order valence-corrected chi connectivity index (χ0v) is 30.0. The number of rotatable bonds is 5. The van der Waals surface area contributed by atoms with E-state index in [4.69, 9.17) is 6.57 Å². The summed E-state index contributed by atoms with van der Waals surface area (Å²) in [6.07, 6.45) is 0. The maximum Gasteiger partial charge on any atom is 0.187 e. The second-order valence-electron chi connectivity index (χ2n) is 14.1. The normalized spacial score (nSPS) is 11.4. The molecule has 9 rings (SSSR count). The Morgan fingerprint density at radius 3 is 1.21 bits per heavy atom. The Kier molecular flexibility index (Phi) is 7.40. The monoisotopic (exact) mass is 681 g/mol. The molecule has 0 fully saturated rings. The molecule has 0 aliphatic rings. The van der Waals surface area contributed by atoms with Gasteiger partial charge in [0.15, 0.2) is 5.69 Å². The predicted octanol–water partition coefficient (Wildman–Crippen LogP) is 13.0. The van der Waals surface area contributed by atoms with E-state index in [0.29, 0.717) is 11.3 Å². The molecule has 7 aromatic carbocycles. The van der Waals surface area contributed by atoms with E-state index in [0.717, 1.165) is 50.5 Å². The summed E-state index contributed by atoms with van der Waals surface area (Å²) in [5, 5.41) is 14.5. The summed E-state index contributed by atoms with van der Waals surface area (Å²) in [5.74, 6) is 0. The molecule has 5 heteroatoms. The van der Waals surface area contributed by atoms with E-state index in [2.05, 4.69) is 144 Å². The number of nitrogens with zero attached hydrogens (tertiary/aromatic N) is 5. The Hall–Kier alpha value is -7.08. The van der Waals surface area contributed by atoms with Crippen molar-refractivity contribution in [3.05, 3.63) is 179 Å². The van der Waals surface area contributed by atoms with E-state index in [1.54, 1.807) is 0 Å². The zero-order valence-electron chi connectivity index (χ0n) is 30.0. The van der Waals surface area contributed by atoms with Crippen molar-refractivity contribution in [2.24, 2.45) is 0 Å². The maximum atomic E-state index is 9.66. The summed E-state index contributed by atoms with van der Waals surface area (Å²) >= 11 is 0. The highest BCUT2D eigenvalue weighted by Crippen LogP contribution is 2.42. The van der Waals surface area contributed by atoms with Gasteiger partial charge in [0.25, 0.3) is 0 Å². The first-order chi connectivity index (χ1) is 25.8. The molecule has 0 amide bonds. The van der Waals surface area contributed by atoms with Gasteiger partial charge in [-0.25, -0.2) is 4.85 Å². The van der Waals surface area contributed by atoms with Crippen LogP contribution < -0.4 is 4.90 Å². The number of aromatic nitrogens is 2. The van der Waals surface area contributed by atoms with Crippen molar-refractivity contribution in [3.63, 3.8) is 0 Å². The first kappa shape index (κ1) is 31.9. The third-order valence-electron chi connectivity index (χ3n) is 10.3. The fraction of sp³-hybridized carbons (Fsp3) is 0.0833. The van der Waals surface area contributed by atoms with Gasteiger partial charge in [-0.2, -0.15) is 5.26 Å². The number of aryl methyl sites for hydroxylation is 4. The molecule has 5 nitrogen and oxygen atoms in total. The van der Waals surface area contributed by atoms with E-state index in [1.807, 2.05) is 48.5 Å². The van der Waals surface area contributed by atoms with Gasteiger partial charge in [-0.3, -0.25) is 0 Å². The molecule has 0 spiro atoms. The van der Waals surface area contributed by atoms with Gasteiger partial charge < -0.3 is 14.0 Å². The van der Waals surface area contributed by atoms with E-state index in [9.17, 15) is 5.26 Å². The van der Waals surface area contributed by atoms with Crippen molar-refractivity contribution < 1.29 is 0 Å². The van der Waals surface area contributed by atoms with E-state index in [1.165, 1.54) is 43.8 Å². The van der Waals surface area contributed by atoms with Gasteiger partial charge in [0.2, 0.25) is 0 Å². The van der Waals surface area contributed by atoms with Crippen LogP contribution in [0.3, 0.4) is 0 Å². The Morgan fingerprint density at radius 1 is 0.472 bits per heavy atom. The standard InChI is InChI=1S/C48H35N5/c1-30-6-18-45-41(22-30)42-23-31(2)7-19-46(42)52(45)39-26-38(51(36-14-10-34(29-49)11-15-36)37-16-12-35(50-5)13-17-37)27-40(28-39)53-47-20-8-32(3)24-43(47)44-25-33(4)9-21-48(44)53/h6-28H,1-4H3. The average molecular weight is 682 g/mol. The molecule has 252 valence electrons. The molecule has 0 radical (unpaired) electrons. The van der Waals surface area contributed by atoms with Crippen LogP contribution in [0.25, 0.3) is 59.8 Å². The Bertz CT molecular complexity index is 2680. The Labute approximate surface area is 308 Å². The summed E-state index contributed by atoms with van der Waals surface area (Å²) in [6.45, 7) is 16.2. The highest BCUT2D eigenvalue weighted by Gasteiger charge is 2.21. The van der Waals surface area contributed by atoms with Crippen LogP contribution in [0.15, 0.2) is 140 Å². The van der Waals surface area contributed by atoms with Crippen LogP contribution in [0, 0.1) is 45.6 Å². The molecule has 0 aliphatic carbocycles. The van der Waals surface area contributed by atoms with E-state index >= 15 is 0 Å². The van der Waals surface area contributed by atoms with Crippen molar-refractivity contribution in [3.8, 4) is 17.4 Å². The van der Waals surface area contributed by atoms with Gasteiger partial charge in [-0.15, -0.1) is 0 Å². The minimum Gasteiger partial charge on any atom is -0.310 e. The zero-order chi connectivity index (χ0) is 36.4. The van der Waals surface area contributed by atoms with Gasteiger partial charge in [-0.1, -0.05) is 58.7 Å². The minimum absolute atomic E-state index is 0.578. The number of fused-ring (bicyclic) bond motifs is 6. The van der Waals surface area contributed by atoms with Gasteiger partial charge in [-0.05, 0) is 131 Å². The first-order valence-electron chi connectivity index (χ1n) is 17.8. The molecule has 0 saturated carbocycles. The smallest absolute Gasteiger partial charge is 0.187 e.